The highest BCUT2D eigenvalue weighted by molar-refractivity contribution is 5.76. The molecule has 1 fully saturated rings. The van der Waals surface area contributed by atoms with E-state index in [0.717, 1.165) is 49.3 Å². The third kappa shape index (κ3) is 2.86. The predicted molar refractivity (Wildman–Crippen MR) is 85.5 cm³/mol. The molecule has 4 rings (SSSR count). The Morgan fingerprint density at radius 1 is 1.30 bits per heavy atom. The van der Waals surface area contributed by atoms with Crippen LogP contribution in [0.15, 0.2) is 35.0 Å². The molecule has 0 saturated carbocycles. The highest BCUT2D eigenvalue weighted by Crippen LogP contribution is 2.28. The van der Waals surface area contributed by atoms with E-state index in [1.807, 2.05) is 29.1 Å². The lowest BCUT2D eigenvalue weighted by Gasteiger charge is -2.30. The van der Waals surface area contributed by atoms with E-state index < -0.39 is 0 Å². The minimum atomic E-state index is 0.623. The predicted octanol–water partition coefficient (Wildman–Crippen LogP) is 2.34. The quantitative estimate of drug-likeness (QED) is 0.736. The molecule has 0 unspecified atom stereocenters. The zero-order chi connectivity index (χ0) is 15.6. The zero-order valence-electron chi connectivity index (χ0n) is 13.1. The Morgan fingerprint density at radius 2 is 2.17 bits per heavy atom. The number of fused-ring (bicyclic) bond motifs is 1. The maximum atomic E-state index is 5.88. The molecule has 0 radical (unpaired) electrons. The number of anilines is 1. The van der Waals surface area contributed by atoms with Gasteiger partial charge < -0.3 is 14.1 Å². The molecule has 0 amide bonds. The van der Waals surface area contributed by atoms with Gasteiger partial charge in [0.25, 0.3) is 6.01 Å². The fourth-order valence-corrected chi connectivity index (χ4v) is 3.06. The second-order valence-corrected chi connectivity index (χ2v) is 5.89. The molecule has 0 atom stereocenters. The van der Waals surface area contributed by atoms with E-state index in [9.17, 15) is 0 Å². The van der Waals surface area contributed by atoms with Crippen molar-refractivity contribution in [1.82, 2.24) is 20.0 Å². The van der Waals surface area contributed by atoms with Gasteiger partial charge in [-0.1, -0.05) is 5.21 Å². The molecule has 3 aromatic rings. The van der Waals surface area contributed by atoms with Crippen LogP contribution in [-0.4, -0.2) is 40.2 Å². The molecule has 1 aliphatic rings. The molecule has 3 heterocycles. The molecule has 0 bridgehead atoms. The summed E-state index contributed by atoms with van der Waals surface area (Å²) in [6, 6.07) is 6.40. The van der Waals surface area contributed by atoms with Crippen LogP contribution in [0.1, 0.15) is 12.8 Å². The molecule has 0 spiro atoms. The summed E-state index contributed by atoms with van der Waals surface area (Å²) in [6.45, 7) is 2.82. The average Bonchev–Trinajstić information content (AvgIpc) is 3.24. The summed E-state index contributed by atoms with van der Waals surface area (Å²) < 4.78 is 13.0. The lowest BCUT2D eigenvalue weighted by Crippen LogP contribution is -2.35. The smallest absolute Gasteiger partial charge is 0.298 e. The number of benzene rings is 1. The Balaban J connectivity index is 1.43. The van der Waals surface area contributed by atoms with Gasteiger partial charge >= 0.3 is 0 Å². The minimum Gasteiger partial charge on any atom is -0.497 e. The lowest BCUT2D eigenvalue weighted by atomic mass is 9.97. The second kappa shape index (κ2) is 5.91. The average molecular weight is 313 g/mol. The number of aromatic nitrogens is 4. The van der Waals surface area contributed by atoms with E-state index in [4.69, 9.17) is 9.15 Å². The number of oxazole rings is 1. The van der Waals surface area contributed by atoms with Gasteiger partial charge in [-0.05, 0) is 30.9 Å². The van der Waals surface area contributed by atoms with Crippen molar-refractivity contribution >= 4 is 17.1 Å². The van der Waals surface area contributed by atoms with E-state index in [2.05, 4.69) is 20.2 Å². The van der Waals surface area contributed by atoms with Crippen molar-refractivity contribution in [3.05, 3.63) is 30.6 Å². The summed E-state index contributed by atoms with van der Waals surface area (Å²) in [7, 11) is 1.65. The number of hydrogen-bond acceptors (Lipinski definition) is 6. The maximum absolute atomic E-state index is 5.88. The summed E-state index contributed by atoms with van der Waals surface area (Å²) in [6.07, 6.45) is 5.84. The monoisotopic (exact) mass is 313 g/mol. The number of hydrogen-bond donors (Lipinski definition) is 0. The van der Waals surface area contributed by atoms with Gasteiger partial charge in [0.05, 0.1) is 13.3 Å². The molecule has 23 heavy (non-hydrogen) atoms. The number of methoxy groups -OCH3 is 1. The van der Waals surface area contributed by atoms with Gasteiger partial charge in [-0.2, -0.15) is 4.98 Å². The highest BCUT2D eigenvalue weighted by Gasteiger charge is 2.23. The van der Waals surface area contributed by atoms with E-state index >= 15 is 0 Å². The molecule has 7 heteroatoms. The Bertz CT molecular complexity index is 775. The van der Waals surface area contributed by atoms with Gasteiger partial charge in [0, 0.05) is 31.9 Å². The first-order valence-corrected chi connectivity index (χ1v) is 7.85. The Labute approximate surface area is 133 Å². The van der Waals surface area contributed by atoms with Crippen molar-refractivity contribution in [3.8, 4) is 5.75 Å². The van der Waals surface area contributed by atoms with Crippen LogP contribution in [0.25, 0.3) is 11.1 Å². The van der Waals surface area contributed by atoms with Crippen molar-refractivity contribution < 1.29 is 9.15 Å². The van der Waals surface area contributed by atoms with Crippen LogP contribution in [-0.2, 0) is 6.54 Å². The first kappa shape index (κ1) is 14.0. The summed E-state index contributed by atoms with van der Waals surface area (Å²) in [5.41, 5.74) is 1.63. The van der Waals surface area contributed by atoms with E-state index in [-0.39, 0.29) is 0 Å². The van der Waals surface area contributed by atoms with E-state index in [1.54, 1.807) is 13.3 Å². The summed E-state index contributed by atoms with van der Waals surface area (Å²) in [5.74, 6) is 1.42. The Morgan fingerprint density at radius 3 is 2.91 bits per heavy atom. The lowest BCUT2D eigenvalue weighted by molar-refractivity contribution is 0.331. The van der Waals surface area contributed by atoms with Gasteiger partial charge in [-0.25, -0.2) is 0 Å². The standard InChI is InChI=1S/C16H19N5O2/c1-22-13-2-3-15-14(10-13)18-16(23-15)20-7-4-12(5-8-20)11-21-9-6-17-19-21/h2-3,6,9-10,12H,4-5,7-8,11H2,1H3. The molecule has 1 aliphatic heterocycles. The van der Waals surface area contributed by atoms with Gasteiger partial charge in [0.2, 0.25) is 0 Å². The van der Waals surface area contributed by atoms with Gasteiger partial charge in [0.15, 0.2) is 5.58 Å². The SMILES string of the molecule is COc1ccc2oc(N3CCC(Cn4ccnn4)CC3)nc2c1. The minimum absolute atomic E-state index is 0.623. The van der Waals surface area contributed by atoms with E-state index in [0.29, 0.717) is 11.9 Å². The van der Waals surface area contributed by atoms with Crippen LogP contribution in [0.3, 0.4) is 0 Å². The van der Waals surface area contributed by atoms with Crippen LogP contribution in [0.4, 0.5) is 6.01 Å². The highest BCUT2D eigenvalue weighted by atomic mass is 16.5. The molecule has 1 aromatic carbocycles. The molecule has 0 N–H and O–H groups in total. The van der Waals surface area contributed by atoms with Crippen LogP contribution >= 0.6 is 0 Å². The molecular formula is C16H19N5O2. The second-order valence-electron chi connectivity index (χ2n) is 5.89. The van der Waals surface area contributed by atoms with Gasteiger partial charge in [-0.3, -0.25) is 4.68 Å². The fourth-order valence-electron chi connectivity index (χ4n) is 3.06. The van der Waals surface area contributed by atoms with Crippen molar-refractivity contribution in [3.63, 3.8) is 0 Å². The Hall–Kier alpha value is -2.57. The fraction of sp³-hybridized carbons (Fsp3) is 0.438. The Kier molecular flexibility index (Phi) is 3.61. The molecule has 1 saturated heterocycles. The molecular weight excluding hydrogens is 294 g/mol. The van der Waals surface area contributed by atoms with Crippen LogP contribution in [0.2, 0.25) is 0 Å². The molecule has 2 aromatic heterocycles. The van der Waals surface area contributed by atoms with Crippen LogP contribution in [0.5, 0.6) is 5.75 Å². The van der Waals surface area contributed by atoms with Crippen molar-refractivity contribution in [2.24, 2.45) is 5.92 Å². The third-order valence-corrected chi connectivity index (χ3v) is 4.39. The van der Waals surface area contributed by atoms with Crippen molar-refractivity contribution in [1.29, 1.82) is 0 Å². The molecule has 7 nitrogen and oxygen atoms in total. The summed E-state index contributed by atoms with van der Waals surface area (Å²) in [5, 5.41) is 7.90. The summed E-state index contributed by atoms with van der Waals surface area (Å²) >= 11 is 0. The number of nitrogens with zero attached hydrogens (tertiary/aromatic N) is 5. The number of rotatable bonds is 4. The number of piperidine rings is 1. The third-order valence-electron chi connectivity index (χ3n) is 4.39. The van der Waals surface area contributed by atoms with Crippen LogP contribution < -0.4 is 9.64 Å². The largest absolute Gasteiger partial charge is 0.497 e. The molecule has 0 aliphatic carbocycles. The molecule has 120 valence electrons. The summed E-state index contributed by atoms with van der Waals surface area (Å²) in [4.78, 5) is 6.81. The first-order valence-electron chi connectivity index (χ1n) is 7.85. The van der Waals surface area contributed by atoms with Crippen LogP contribution in [0, 0.1) is 5.92 Å². The van der Waals surface area contributed by atoms with Crippen molar-refractivity contribution in [2.75, 3.05) is 25.1 Å². The van der Waals surface area contributed by atoms with Gasteiger partial charge in [0.1, 0.15) is 11.3 Å². The zero-order valence-corrected chi connectivity index (χ0v) is 13.1. The normalized spacial score (nSPS) is 16.1. The van der Waals surface area contributed by atoms with Gasteiger partial charge in [-0.15, -0.1) is 5.10 Å². The topological polar surface area (TPSA) is 69.2 Å². The number of ether oxygens (including phenoxy) is 1. The maximum Gasteiger partial charge on any atom is 0.298 e. The van der Waals surface area contributed by atoms with E-state index in [1.165, 1.54) is 0 Å². The van der Waals surface area contributed by atoms with Crippen molar-refractivity contribution in [2.45, 2.75) is 19.4 Å². The first-order chi connectivity index (χ1) is 11.3.